The molecule has 1 aromatic heterocycles. The molecule has 0 saturated heterocycles. The zero-order chi connectivity index (χ0) is 9.14. The van der Waals surface area contributed by atoms with Gasteiger partial charge in [0.15, 0.2) is 5.69 Å². The Bertz CT molecular complexity index is 314. The average molecular weight is 232 g/mol. The van der Waals surface area contributed by atoms with Gasteiger partial charge in [-0.2, -0.15) is 0 Å². The zero-order valence-electron chi connectivity index (χ0n) is 5.99. The molecule has 4 nitrogen and oxygen atoms in total. The van der Waals surface area contributed by atoms with Crippen molar-refractivity contribution in [3.63, 3.8) is 0 Å². The van der Waals surface area contributed by atoms with Crippen LogP contribution in [0.25, 0.3) is 0 Å². The molecule has 12 heavy (non-hydrogen) atoms. The molecule has 0 spiro atoms. The van der Waals surface area contributed by atoms with Gasteiger partial charge >= 0.3 is 5.97 Å². The van der Waals surface area contributed by atoms with Crippen LogP contribution in [0, 0.1) is 0 Å². The van der Waals surface area contributed by atoms with E-state index >= 15 is 0 Å². The molecule has 0 aliphatic rings. The number of rotatable bonds is 2. The lowest BCUT2D eigenvalue weighted by Crippen LogP contribution is -2.02. The van der Waals surface area contributed by atoms with Gasteiger partial charge < -0.3 is 10.2 Å². The molecule has 0 aliphatic carbocycles. The van der Waals surface area contributed by atoms with Gasteiger partial charge in [-0.25, -0.2) is 9.78 Å². The molecule has 0 bridgehead atoms. The van der Waals surface area contributed by atoms with Gasteiger partial charge in [0.05, 0.1) is 5.69 Å². The van der Waals surface area contributed by atoms with Crippen LogP contribution >= 0.6 is 15.9 Å². The smallest absolute Gasteiger partial charge is 0.358 e. The lowest BCUT2D eigenvalue weighted by atomic mass is 10.3. The molecule has 0 radical (unpaired) electrons. The fourth-order valence-corrected chi connectivity index (χ4v) is 1.04. The van der Waals surface area contributed by atoms with E-state index in [0.29, 0.717) is 11.0 Å². The number of carbonyl (C=O) groups is 1. The summed E-state index contributed by atoms with van der Waals surface area (Å²) in [6, 6.07) is 2.86. The van der Waals surface area contributed by atoms with Crippen molar-refractivity contribution in [2.45, 2.75) is 5.33 Å². The van der Waals surface area contributed by atoms with Crippen LogP contribution in [-0.4, -0.2) is 21.2 Å². The Labute approximate surface area is 77.0 Å². The first-order valence-electron chi connectivity index (χ1n) is 3.13. The van der Waals surface area contributed by atoms with Crippen LogP contribution in [0.1, 0.15) is 16.2 Å². The molecule has 64 valence electrons. The third-order valence-electron chi connectivity index (χ3n) is 1.27. The number of hydrogen-bond donors (Lipinski definition) is 2. The normalized spacial score (nSPS) is 9.75. The van der Waals surface area contributed by atoms with E-state index in [9.17, 15) is 4.79 Å². The van der Waals surface area contributed by atoms with E-state index in [2.05, 4.69) is 20.9 Å². The van der Waals surface area contributed by atoms with Crippen LogP contribution in [0.4, 0.5) is 0 Å². The molecule has 1 heterocycles. The summed E-state index contributed by atoms with van der Waals surface area (Å²) in [7, 11) is 0. The van der Waals surface area contributed by atoms with Gasteiger partial charge in [0, 0.05) is 5.33 Å². The number of hydrogen-bond acceptors (Lipinski definition) is 3. The van der Waals surface area contributed by atoms with Gasteiger partial charge in [-0.1, -0.05) is 15.9 Å². The first kappa shape index (κ1) is 8.99. The summed E-state index contributed by atoms with van der Waals surface area (Å²) in [6.45, 7) is 0. The van der Waals surface area contributed by atoms with Crippen molar-refractivity contribution in [3.8, 4) is 5.75 Å². The predicted octanol–water partition coefficient (Wildman–Crippen LogP) is 1.38. The van der Waals surface area contributed by atoms with Crippen molar-refractivity contribution in [2.75, 3.05) is 0 Å². The lowest BCUT2D eigenvalue weighted by Gasteiger charge is -1.99. The lowest BCUT2D eigenvalue weighted by molar-refractivity contribution is 0.0686. The quantitative estimate of drug-likeness (QED) is 0.755. The van der Waals surface area contributed by atoms with E-state index < -0.39 is 5.97 Å². The minimum absolute atomic E-state index is 0.313. The Morgan fingerprint density at radius 3 is 2.75 bits per heavy atom. The highest BCUT2D eigenvalue weighted by Crippen LogP contribution is 2.15. The molecule has 0 atom stereocenters. The fraction of sp³-hybridized carbons (Fsp3) is 0.143. The number of alkyl halides is 1. The Kier molecular flexibility index (Phi) is 2.65. The van der Waals surface area contributed by atoms with E-state index in [1.165, 1.54) is 6.07 Å². The van der Waals surface area contributed by atoms with Crippen LogP contribution in [0.5, 0.6) is 5.75 Å². The highest BCUT2D eigenvalue weighted by atomic mass is 79.9. The number of halogens is 1. The van der Waals surface area contributed by atoms with Gasteiger partial charge in [-0.15, -0.1) is 0 Å². The van der Waals surface area contributed by atoms with E-state index in [1.54, 1.807) is 6.07 Å². The maximum absolute atomic E-state index is 10.5. The highest BCUT2D eigenvalue weighted by molar-refractivity contribution is 9.08. The molecule has 2 N–H and O–H groups in total. The third kappa shape index (κ3) is 1.73. The second-order valence-corrected chi connectivity index (χ2v) is 2.67. The maximum atomic E-state index is 10.5. The summed E-state index contributed by atoms with van der Waals surface area (Å²) in [4.78, 5) is 14.1. The molecule has 0 amide bonds. The van der Waals surface area contributed by atoms with Crippen LogP contribution in [0.2, 0.25) is 0 Å². The van der Waals surface area contributed by atoms with Crippen LogP contribution in [0.15, 0.2) is 12.1 Å². The largest absolute Gasteiger partial charge is 0.505 e. The van der Waals surface area contributed by atoms with E-state index in [1.807, 2.05) is 0 Å². The van der Waals surface area contributed by atoms with E-state index in [0.717, 1.165) is 0 Å². The second kappa shape index (κ2) is 3.53. The summed E-state index contributed by atoms with van der Waals surface area (Å²) < 4.78 is 0. The van der Waals surface area contributed by atoms with E-state index in [4.69, 9.17) is 10.2 Å². The SMILES string of the molecule is O=C(O)c1nc(CBr)ccc1O. The van der Waals surface area contributed by atoms with Crippen molar-refractivity contribution in [1.82, 2.24) is 4.98 Å². The van der Waals surface area contributed by atoms with Gasteiger partial charge in [0.1, 0.15) is 5.75 Å². The minimum Gasteiger partial charge on any atom is -0.505 e. The molecule has 1 rings (SSSR count). The summed E-state index contributed by atoms with van der Waals surface area (Å²) in [5.74, 6) is -1.54. The van der Waals surface area contributed by atoms with Crippen molar-refractivity contribution in [2.24, 2.45) is 0 Å². The van der Waals surface area contributed by atoms with Gasteiger partial charge in [0.2, 0.25) is 0 Å². The molecule has 0 saturated carbocycles. The molecule has 5 heteroatoms. The molecule has 0 fully saturated rings. The highest BCUT2D eigenvalue weighted by Gasteiger charge is 2.11. The van der Waals surface area contributed by atoms with E-state index in [-0.39, 0.29) is 11.4 Å². The minimum atomic E-state index is -1.23. The molecule has 0 aromatic carbocycles. The van der Waals surface area contributed by atoms with Crippen molar-refractivity contribution in [3.05, 3.63) is 23.5 Å². The Hall–Kier alpha value is -1.10. The van der Waals surface area contributed by atoms with Crippen molar-refractivity contribution < 1.29 is 15.0 Å². The third-order valence-corrected chi connectivity index (χ3v) is 1.85. The number of carboxylic acids is 1. The predicted molar refractivity (Wildman–Crippen MR) is 45.5 cm³/mol. The zero-order valence-corrected chi connectivity index (χ0v) is 7.58. The topological polar surface area (TPSA) is 70.4 Å². The van der Waals surface area contributed by atoms with Crippen molar-refractivity contribution >= 4 is 21.9 Å². The maximum Gasteiger partial charge on any atom is 0.358 e. The van der Waals surface area contributed by atoms with Crippen LogP contribution in [0.3, 0.4) is 0 Å². The molecular weight excluding hydrogens is 226 g/mol. The fourth-order valence-electron chi connectivity index (χ4n) is 0.724. The Balaban J connectivity index is 3.17. The number of aromatic carboxylic acids is 1. The number of aromatic nitrogens is 1. The summed E-state index contributed by atoms with van der Waals surface area (Å²) in [5.41, 5.74) is 0.261. The number of pyridine rings is 1. The molecule has 0 unspecified atom stereocenters. The Morgan fingerprint density at radius 2 is 2.25 bits per heavy atom. The van der Waals surface area contributed by atoms with Crippen LogP contribution in [-0.2, 0) is 5.33 Å². The van der Waals surface area contributed by atoms with Gasteiger partial charge in [-0.05, 0) is 12.1 Å². The number of nitrogens with zero attached hydrogens (tertiary/aromatic N) is 1. The molecule has 0 aliphatic heterocycles. The van der Waals surface area contributed by atoms with Gasteiger partial charge in [-0.3, -0.25) is 0 Å². The first-order valence-corrected chi connectivity index (χ1v) is 4.25. The Morgan fingerprint density at radius 1 is 1.58 bits per heavy atom. The number of carboxylic acid groups (broad SMARTS) is 1. The average Bonchev–Trinajstić information content (AvgIpc) is 2.05. The summed E-state index contributed by atoms with van der Waals surface area (Å²) in [6.07, 6.45) is 0. The first-order chi connectivity index (χ1) is 5.65. The second-order valence-electron chi connectivity index (χ2n) is 2.11. The molecular formula is C7H6BrNO3. The van der Waals surface area contributed by atoms with Crippen LogP contribution < -0.4 is 0 Å². The van der Waals surface area contributed by atoms with Gasteiger partial charge in [0.25, 0.3) is 0 Å². The standard InChI is InChI=1S/C7H6BrNO3/c8-3-4-1-2-5(10)6(9-4)7(11)12/h1-2,10H,3H2,(H,11,12). The summed E-state index contributed by atoms with van der Waals surface area (Å²) in [5, 5.41) is 18.1. The van der Waals surface area contributed by atoms with Crippen molar-refractivity contribution in [1.29, 1.82) is 0 Å². The number of aromatic hydroxyl groups is 1. The molecule has 1 aromatic rings. The monoisotopic (exact) mass is 231 g/mol. The summed E-state index contributed by atoms with van der Waals surface area (Å²) >= 11 is 3.13.